The molecule has 2 N–H and O–H groups in total. The summed E-state index contributed by atoms with van der Waals surface area (Å²) in [6, 6.07) is 13.0. The lowest BCUT2D eigenvalue weighted by Crippen LogP contribution is -2.20. The molecule has 0 radical (unpaired) electrons. The largest absolute Gasteiger partial charge is 0.454 e. The molecule has 140 valence electrons. The lowest BCUT2D eigenvalue weighted by molar-refractivity contribution is -0.124. The molecule has 0 fully saturated rings. The number of benzene rings is 2. The Hall–Kier alpha value is -3.35. The van der Waals surface area contributed by atoms with Crippen LogP contribution in [0.25, 0.3) is 0 Å². The molecule has 0 saturated carbocycles. The first-order chi connectivity index (χ1) is 13.1. The third-order valence-corrected chi connectivity index (χ3v) is 4.02. The number of carbonyl (C=O) groups is 2. The van der Waals surface area contributed by atoms with Gasteiger partial charge < -0.3 is 14.8 Å². The summed E-state index contributed by atoms with van der Waals surface area (Å²) >= 11 is 0. The maximum Gasteiger partial charge on any atom is 0.240 e. The predicted molar refractivity (Wildman–Crippen MR) is 102 cm³/mol. The fourth-order valence-electron chi connectivity index (χ4n) is 2.50. The van der Waals surface area contributed by atoms with Crippen LogP contribution in [0, 0.1) is 0 Å². The van der Waals surface area contributed by atoms with E-state index in [1.165, 1.54) is 11.8 Å². The van der Waals surface area contributed by atoms with E-state index in [2.05, 4.69) is 22.8 Å². The molecule has 27 heavy (non-hydrogen) atoms. The van der Waals surface area contributed by atoms with Crippen molar-refractivity contribution in [1.29, 1.82) is 0 Å². The number of aryl methyl sites for hydroxylation is 1. The van der Waals surface area contributed by atoms with E-state index in [1.54, 1.807) is 18.2 Å². The Bertz CT molecular complexity index is 847. The molecule has 2 aromatic rings. The van der Waals surface area contributed by atoms with Crippen molar-refractivity contribution in [2.45, 2.75) is 26.2 Å². The molecule has 0 spiro atoms. The Kier molecular flexibility index (Phi) is 6.04. The first-order valence-electron chi connectivity index (χ1n) is 8.74. The Morgan fingerprint density at radius 2 is 1.78 bits per heavy atom. The van der Waals surface area contributed by atoms with Crippen LogP contribution < -0.4 is 20.2 Å². The van der Waals surface area contributed by atoms with Gasteiger partial charge in [0.05, 0.1) is 6.21 Å². The topological polar surface area (TPSA) is 89.0 Å². The van der Waals surface area contributed by atoms with Crippen molar-refractivity contribution in [2.75, 3.05) is 12.1 Å². The average molecular weight is 367 g/mol. The zero-order chi connectivity index (χ0) is 19.1. The molecule has 1 heterocycles. The molecule has 1 aliphatic heterocycles. The molecule has 7 nitrogen and oxygen atoms in total. The number of ether oxygens (including phenoxy) is 2. The summed E-state index contributed by atoms with van der Waals surface area (Å²) < 4.78 is 10.5. The van der Waals surface area contributed by atoms with Gasteiger partial charge >= 0.3 is 0 Å². The number of anilines is 1. The van der Waals surface area contributed by atoms with E-state index in [1.807, 2.05) is 24.3 Å². The summed E-state index contributed by atoms with van der Waals surface area (Å²) in [4.78, 5) is 23.7. The van der Waals surface area contributed by atoms with Crippen LogP contribution in [0.3, 0.4) is 0 Å². The second-order valence-electron chi connectivity index (χ2n) is 6.00. The van der Waals surface area contributed by atoms with E-state index in [-0.39, 0.29) is 31.4 Å². The van der Waals surface area contributed by atoms with Gasteiger partial charge in [0.15, 0.2) is 11.5 Å². The highest BCUT2D eigenvalue weighted by molar-refractivity contribution is 5.93. The Labute approximate surface area is 157 Å². The van der Waals surface area contributed by atoms with Crippen LogP contribution in [0.5, 0.6) is 11.5 Å². The van der Waals surface area contributed by atoms with Crippen molar-refractivity contribution in [2.24, 2.45) is 5.10 Å². The fourth-order valence-corrected chi connectivity index (χ4v) is 2.50. The van der Waals surface area contributed by atoms with Gasteiger partial charge in [-0.2, -0.15) is 5.10 Å². The van der Waals surface area contributed by atoms with Gasteiger partial charge in [0.2, 0.25) is 18.6 Å². The molecule has 7 heteroatoms. The van der Waals surface area contributed by atoms with Crippen LogP contribution in [0.1, 0.15) is 30.9 Å². The smallest absolute Gasteiger partial charge is 0.240 e. The van der Waals surface area contributed by atoms with Gasteiger partial charge in [-0.05, 0) is 47.9 Å². The Morgan fingerprint density at radius 1 is 1.04 bits per heavy atom. The van der Waals surface area contributed by atoms with Gasteiger partial charge in [0.25, 0.3) is 0 Å². The standard InChI is InChI=1S/C20H21N3O4/c1-2-14-3-6-16(7-4-14)22-19(24)9-10-20(25)23-21-12-15-5-8-17-18(11-15)27-13-26-17/h3-8,11-12H,2,9-10,13H2,1H3,(H,22,24)(H,23,25). The SMILES string of the molecule is CCc1ccc(NC(=O)CCC(=O)NN=Cc2ccc3c(c2)OCO3)cc1. The van der Waals surface area contributed by atoms with Crippen LogP contribution in [0.4, 0.5) is 5.69 Å². The van der Waals surface area contributed by atoms with E-state index >= 15 is 0 Å². The Balaban J connectivity index is 1.40. The normalized spacial score (nSPS) is 12.2. The van der Waals surface area contributed by atoms with Crippen LogP contribution in [0.15, 0.2) is 47.6 Å². The summed E-state index contributed by atoms with van der Waals surface area (Å²) in [5.41, 5.74) is 5.11. The number of hydrazone groups is 1. The van der Waals surface area contributed by atoms with Crippen molar-refractivity contribution < 1.29 is 19.1 Å². The van der Waals surface area contributed by atoms with Crippen molar-refractivity contribution in [3.8, 4) is 11.5 Å². The molecule has 0 aromatic heterocycles. The monoisotopic (exact) mass is 367 g/mol. The summed E-state index contributed by atoms with van der Waals surface area (Å²) in [5, 5.41) is 6.67. The van der Waals surface area contributed by atoms with Crippen molar-refractivity contribution in [1.82, 2.24) is 5.43 Å². The predicted octanol–water partition coefficient (Wildman–Crippen LogP) is 2.85. The lowest BCUT2D eigenvalue weighted by atomic mass is 10.1. The number of rotatable bonds is 7. The van der Waals surface area contributed by atoms with E-state index in [4.69, 9.17) is 9.47 Å². The van der Waals surface area contributed by atoms with Gasteiger partial charge in [-0.25, -0.2) is 5.43 Å². The summed E-state index contributed by atoms with van der Waals surface area (Å²) in [6.45, 7) is 2.28. The van der Waals surface area contributed by atoms with Crippen LogP contribution in [-0.2, 0) is 16.0 Å². The molecule has 0 atom stereocenters. The summed E-state index contributed by atoms with van der Waals surface area (Å²) in [7, 11) is 0. The van der Waals surface area contributed by atoms with E-state index < -0.39 is 0 Å². The molecular weight excluding hydrogens is 346 g/mol. The van der Waals surface area contributed by atoms with Gasteiger partial charge in [-0.1, -0.05) is 19.1 Å². The van der Waals surface area contributed by atoms with Crippen LogP contribution in [-0.4, -0.2) is 24.8 Å². The molecule has 0 aliphatic carbocycles. The van der Waals surface area contributed by atoms with Crippen LogP contribution >= 0.6 is 0 Å². The fraction of sp³-hybridized carbons (Fsp3) is 0.250. The van der Waals surface area contributed by atoms with E-state index in [0.29, 0.717) is 11.5 Å². The molecule has 0 saturated heterocycles. The number of nitrogens with zero attached hydrogens (tertiary/aromatic N) is 1. The molecule has 2 aromatic carbocycles. The molecule has 0 unspecified atom stereocenters. The van der Waals surface area contributed by atoms with Gasteiger partial charge in [-0.3, -0.25) is 9.59 Å². The summed E-state index contributed by atoms with van der Waals surface area (Å²) in [5.74, 6) is 0.790. The number of amides is 2. The molecule has 0 bridgehead atoms. The van der Waals surface area contributed by atoms with Gasteiger partial charge in [0.1, 0.15) is 0 Å². The molecular formula is C20H21N3O4. The van der Waals surface area contributed by atoms with Crippen molar-refractivity contribution in [3.63, 3.8) is 0 Å². The highest BCUT2D eigenvalue weighted by Gasteiger charge is 2.12. The zero-order valence-corrected chi connectivity index (χ0v) is 15.0. The second kappa shape index (κ2) is 8.84. The quantitative estimate of drug-likeness (QED) is 0.582. The average Bonchev–Trinajstić information content (AvgIpc) is 3.15. The molecule has 1 aliphatic rings. The first kappa shape index (κ1) is 18.4. The van der Waals surface area contributed by atoms with Crippen LogP contribution in [0.2, 0.25) is 0 Å². The van der Waals surface area contributed by atoms with Gasteiger partial charge in [0, 0.05) is 18.5 Å². The summed E-state index contributed by atoms with van der Waals surface area (Å²) in [6.07, 6.45) is 2.59. The molecule has 2 amide bonds. The van der Waals surface area contributed by atoms with Crippen molar-refractivity contribution >= 4 is 23.7 Å². The maximum atomic E-state index is 11.9. The van der Waals surface area contributed by atoms with E-state index in [0.717, 1.165) is 17.7 Å². The van der Waals surface area contributed by atoms with E-state index in [9.17, 15) is 9.59 Å². The number of carbonyl (C=O) groups excluding carboxylic acids is 2. The maximum absolute atomic E-state index is 11.9. The van der Waals surface area contributed by atoms with Crippen molar-refractivity contribution in [3.05, 3.63) is 53.6 Å². The number of hydrogen-bond acceptors (Lipinski definition) is 5. The number of nitrogens with one attached hydrogen (secondary N) is 2. The number of hydrogen-bond donors (Lipinski definition) is 2. The molecule has 3 rings (SSSR count). The minimum absolute atomic E-state index is 0.0529. The zero-order valence-electron chi connectivity index (χ0n) is 15.0. The first-order valence-corrected chi connectivity index (χ1v) is 8.74. The minimum Gasteiger partial charge on any atom is -0.454 e. The van der Waals surface area contributed by atoms with Gasteiger partial charge in [-0.15, -0.1) is 0 Å². The third kappa shape index (κ3) is 5.31. The highest BCUT2D eigenvalue weighted by Crippen LogP contribution is 2.31. The second-order valence-corrected chi connectivity index (χ2v) is 6.00. The highest BCUT2D eigenvalue weighted by atomic mass is 16.7. The number of fused-ring (bicyclic) bond motifs is 1. The third-order valence-electron chi connectivity index (χ3n) is 4.02. The Morgan fingerprint density at radius 3 is 2.56 bits per heavy atom. The minimum atomic E-state index is -0.330. The lowest BCUT2D eigenvalue weighted by Gasteiger charge is -2.05.